The zero-order chi connectivity index (χ0) is 19.4. The van der Waals surface area contributed by atoms with E-state index < -0.39 is 17.6 Å². The van der Waals surface area contributed by atoms with E-state index in [9.17, 15) is 18.0 Å². The third-order valence-electron chi connectivity index (χ3n) is 3.81. The molecule has 1 N–H and O–H groups in total. The molecule has 140 valence electrons. The first-order valence-corrected chi connectivity index (χ1v) is 7.86. The number of carbonyl (C=O) groups is 1. The highest BCUT2D eigenvalue weighted by Crippen LogP contribution is 2.33. The molecule has 1 amide bonds. The number of benzene rings is 2. The minimum atomic E-state index is -4.54. The van der Waals surface area contributed by atoms with E-state index in [1.54, 1.807) is 24.3 Å². The average molecular weight is 376 g/mol. The summed E-state index contributed by atoms with van der Waals surface area (Å²) in [5.74, 6) is 0.0355. The minimum absolute atomic E-state index is 0.0183. The molecule has 0 aliphatic heterocycles. The van der Waals surface area contributed by atoms with Crippen LogP contribution in [0.2, 0.25) is 0 Å². The molecule has 0 fully saturated rings. The highest BCUT2D eigenvalue weighted by molar-refractivity contribution is 5.94. The standard InChI is InChI=1S/C18H15F3N4O2/c1-27-16-5-3-2-4-12(16)8-17(26)24-14-9-13(18(19,20)21)6-7-15(14)25-11-22-10-23-25/h2-7,9-11H,8H2,1H3,(H,24,26). The Balaban J connectivity index is 1.91. The van der Waals surface area contributed by atoms with E-state index in [4.69, 9.17) is 4.74 Å². The van der Waals surface area contributed by atoms with E-state index >= 15 is 0 Å². The van der Waals surface area contributed by atoms with Crippen LogP contribution < -0.4 is 10.1 Å². The lowest BCUT2D eigenvalue weighted by molar-refractivity contribution is -0.137. The third-order valence-corrected chi connectivity index (χ3v) is 3.81. The Labute approximate surface area is 152 Å². The van der Waals surface area contributed by atoms with E-state index in [2.05, 4.69) is 15.4 Å². The fraction of sp³-hybridized carbons (Fsp3) is 0.167. The number of nitrogens with zero attached hydrogens (tertiary/aromatic N) is 3. The molecular formula is C18H15F3N4O2. The fourth-order valence-corrected chi connectivity index (χ4v) is 2.56. The van der Waals surface area contributed by atoms with E-state index in [1.807, 2.05) is 0 Å². The van der Waals surface area contributed by atoms with Crippen molar-refractivity contribution in [3.8, 4) is 11.4 Å². The van der Waals surface area contributed by atoms with Gasteiger partial charge in [-0.3, -0.25) is 4.79 Å². The predicted molar refractivity (Wildman–Crippen MR) is 91.7 cm³/mol. The molecule has 0 saturated carbocycles. The third kappa shape index (κ3) is 4.25. The van der Waals surface area contributed by atoms with Crippen LogP contribution in [-0.2, 0) is 17.4 Å². The zero-order valence-corrected chi connectivity index (χ0v) is 14.2. The number of nitrogens with one attached hydrogen (secondary N) is 1. The lowest BCUT2D eigenvalue weighted by atomic mass is 10.1. The van der Waals surface area contributed by atoms with E-state index in [1.165, 1.54) is 30.5 Å². The second-order valence-corrected chi connectivity index (χ2v) is 5.61. The van der Waals surface area contributed by atoms with Gasteiger partial charge in [0.05, 0.1) is 30.5 Å². The summed E-state index contributed by atoms with van der Waals surface area (Å²) in [7, 11) is 1.48. The number of hydrogen-bond donors (Lipinski definition) is 1. The highest BCUT2D eigenvalue weighted by Gasteiger charge is 2.31. The molecule has 1 aromatic heterocycles. The normalized spacial score (nSPS) is 11.3. The number of amides is 1. The highest BCUT2D eigenvalue weighted by atomic mass is 19.4. The lowest BCUT2D eigenvalue weighted by Gasteiger charge is -2.15. The van der Waals surface area contributed by atoms with Crippen molar-refractivity contribution in [3.05, 3.63) is 66.2 Å². The number of ether oxygens (including phenoxy) is 1. The van der Waals surface area contributed by atoms with Crippen LogP contribution in [0.25, 0.3) is 5.69 Å². The molecular weight excluding hydrogens is 361 g/mol. The molecule has 0 atom stereocenters. The molecule has 0 bridgehead atoms. The molecule has 0 radical (unpaired) electrons. The summed E-state index contributed by atoms with van der Waals surface area (Å²) in [5.41, 5.74) is -0.00478. The van der Waals surface area contributed by atoms with Crippen LogP contribution in [0, 0.1) is 0 Å². The second kappa shape index (κ2) is 7.48. The largest absolute Gasteiger partial charge is 0.496 e. The number of aromatic nitrogens is 3. The van der Waals surface area contributed by atoms with Gasteiger partial charge in [-0.15, -0.1) is 0 Å². The fourth-order valence-electron chi connectivity index (χ4n) is 2.56. The van der Waals surface area contributed by atoms with E-state index in [0.29, 0.717) is 11.3 Å². The summed E-state index contributed by atoms with van der Waals surface area (Å²) in [5, 5.41) is 6.44. The number of methoxy groups -OCH3 is 1. The van der Waals surface area contributed by atoms with Crippen molar-refractivity contribution in [1.82, 2.24) is 14.8 Å². The Morgan fingerprint density at radius 2 is 2.00 bits per heavy atom. The number of halogens is 3. The van der Waals surface area contributed by atoms with Gasteiger partial charge >= 0.3 is 6.18 Å². The topological polar surface area (TPSA) is 69.0 Å². The number of carbonyl (C=O) groups excluding carboxylic acids is 1. The van der Waals surface area contributed by atoms with Crippen LogP contribution in [0.4, 0.5) is 18.9 Å². The molecule has 6 nitrogen and oxygen atoms in total. The molecule has 2 aromatic carbocycles. The Hall–Kier alpha value is -3.36. The van der Waals surface area contributed by atoms with E-state index in [0.717, 1.165) is 12.1 Å². The first-order valence-electron chi connectivity index (χ1n) is 7.86. The van der Waals surface area contributed by atoms with Crippen molar-refractivity contribution in [1.29, 1.82) is 0 Å². The molecule has 0 aliphatic carbocycles. The first-order chi connectivity index (χ1) is 12.9. The van der Waals surface area contributed by atoms with Crippen LogP contribution in [0.3, 0.4) is 0 Å². The average Bonchev–Trinajstić information content (AvgIpc) is 3.15. The molecule has 9 heteroatoms. The van der Waals surface area contributed by atoms with Crippen LogP contribution in [-0.4, -0.2) is 27.8 Å². The maximum Gasteiger partial charge on any atom is 0.416 e. The van der Waals surface area contributed by atoms with Gasteiger partial charge in [0, 0.05) is 5.56 Å². The van der Waals surface area contributed by atoms with Gasteiger partial charge in [-0.25, -0.2) is 9.67 Å². The second-order valence-electron chi connectivity index (χ2n) is 5.61. The Morgan fingerprint density at radius 1 is 1.22 bits per heavy atom. The van der Waals surface area contributed by atoms with Crippen LogP contribution in [0.15, 0.2) is 55.1 Å². The van der Waals surface area contributed by atoms with Crippen molar-refractivity contribution in [2.24, 2.45) is 0 Å². The van der Waals surface area contributed by atoms with Crippen molar-refractivity contribution in [2.75, 3.05) is 12.4 Å². The van der Waals surface area contributed by atoms with Gasteiger partial charge in [-0.05, 0) is 24.3 Å². The molecule has 3 aromatic rings. The summed E-state index contributed by atoms with van der Waals surface area (Å²) in [6.07, 6.45) is -2.02. The van der Waals surface area contributed by atoms with Crippen molar-refractivity contribution < 1.29 is 22.7 Å². The van der Waals surface area contributed by atoms with Crippen molar-refractivity contribution >= 4 is 11.6 Å². The maximum absolute atomic E-state index is 13.1. The van der Waals surface area contributed by atoms with Crippen molar-refractivity contribution in [2.45, 2.75) is 12.6 Å². The quantitative estimate of drug-likeness (QED) is 0.740. The van der Waals surface area contributed by atoms with Gasteiger partial charge < -0.3 is 10.1 Å². The molecule has 0 saturated heterocycles. The molecule has 0 spiro atoms. The molecule has 27 heavy (non-hydrogen) atoms. The van der Waals surface area contributed by atoms with Crippen molar-refractivity contribution in [3.63, 3.8) is 0 Å². The smallest absolute Gasteiger partial charge is 0.416 e. The number of rotatable bonds is 5. The number of alkyl halides is 3. The predicted octanol–water partition coefficient (Wildman–Crippen LogP) is 3.48. The number of anilines is 1. The Kier molecular flexibility index (Phi) is 5.11. The monoisotopic (exact) mass is 376 g/mol. The maximum atomic E-state index is 13.1. The molecule has 0 unspecified atom stereocenters. The van der Waals surface area contributed by atoms with Gasteiger partial charge in [0.15, 0.2) is 0 Å². The zero-order valence-electron chi connectivity index (χ0n) is 14.2. The Morgan fingerprint density at radius 3 is 2.67 bits per heavy atom. The SMILES string of the molecule is COc1ccccc1CC(=O)Nc1cc(C(F)(F)F)ccc1-n1cncn1. The molecule has 0 aliphatic rings. The summed E-state index contributed by atoms with van der Waals surface area (Å²) in [6.45, 7) is 0. The number of para-hydroxylation sites is 1. The Bertz CT molecular complexity index is 940. The van der Waals surface area contributed by atoms with Gasteiger partial charge in [-0.1, -0.05) is 18.2 Å². The van der Waals surface area contributed by atoms with E-state index in [-0.39, 0.29) is 17.8 Å². The van der Waals surface area contributed by atoms with Gasteiger partial charge in [-0.2, -0.15) is 18.3 Å². The minimum Gasteiger partial charge on any atom is -0.496 e. The summed E-state index contributed by atoms with van der Waals surface area (Å²) >= 11 is 0. The summed E-state index contributed by atoms with van der Waals surface area (Å²) < 4.78 is 45.7. The molecule has 3 rings (SSSR count). The van der Waals surface area contributed by atoms with Gasteiger partial charge in [0.25, 0.3) is 0 Å². The van der Waals surface area contributed by atoms with Crippen LogP contribution in [0.5, 0.6) is 5.75 Å². The number of hydrogen-bond acceptors (Lipinski definition) is 4. The lowest BCUT2D eigenvalue weighted by Crippen LogP contribution is -2.17. The van der Waals surface area contributed by atoms with Gasteiger partial charge in [0.1, 0.15) is 18.4 Å². The van der Waals surface area contributed by atoms with Crippen LogP contribution >= 0.6 is 0 Å². The van der Waals surface area contributed by atoms with Crippen LogP contribution in [0.1, 0.15) is 11.1 Å². The summed E-state index contributed by atoms with van der Waals surface area (Å²) in [4.78, 5) is 16.2. The molecule has 1 heterocycles. The van der Waals surface area contributed by atoms with Gasteiger partial charge in [0.2, 0.25) is 5.91 Å². The first kappa shape index (κ1) is 18.4. The summed E-state index contributed by atoms with van der Waals surface area (Å²) in [6, 6.07) is 9.95.